The molecule has 0 fully saturated rings. The third-order valence-corrected chi connectivity index (χ3v) is 5.52. The zero-order valence-corrected chi connectivity index (χ0v) is 15.2. The lowest BCUT2D eigenvalue weighted by Crippen LogP contribution is -1.93. The fraction of sp³-hybridized carbons (Fsp3) is 0.111. The number of rotatable bonds is 3. The number of fused-ring (bicyclic) bond motifs is 3. The van der Waals surface area contributed by atoms with Crippen LogP contribution in [0.2, 0.25) is 10.0 Å². The maximum Gasteiger partial charge on any atom is 0.196 e. The molecule has 0 radical (unpaired) electrons. The van der Waals surface area contributed by atoms with Gasteiger partial charge in [-0.05, 0) is 48.4 Å². The van der Waals surface area contributed by atoms with Gasteiger partial charge in [-0.15, -0.1) is 10.2 Å². The quantitative estimate of drug-likeness (QED) is 0.425. The Hall–Kier alpha value is -1.75. The number of benzene rings is 2. The van der Waals surface area contributed by atoms with E-state index in [4.69, 9.17) is 23.2 Å². The second-order valence-corrected chi connectivity index (χ2v) is 7.33. The molecule has 0 unspecified atom stereocenters. The van der Waals surface area contributed by atoms with Crippen molar-refractivity contribution in [3.8, 4) is 0 Å². The fourth-order valence-electron chi connectivity index (χ4n) is 2.74. The van der Waals surface area contributed by atoms with Crippen LogP contribution in [0.1, 0.15) is 11.1 Å². The molecule has 0 spiro atoms. The van der Waals surface area contributed by atoms with Gasteiger partial charge in [-0.3, -0.25) is 4.40 Å². The number of hydrogen-bond donors (Lipinski definition) is 0. The van der Waals surface area contributed by atoms with Gasteiger partial charge < -0.3 is 0 Å². The number of thioether (sulfide) groups is 1. The van der Waals surface area contributed by atoms with Crippen molar-refractivity contribution in [3.05, 3.63) is 69.7 Å². The Balaban J connectivity index is 1.80. The first-order chi connectivity index (χ1) is 11.6. The lowest BCUT2D eigenvalue weighted by molar-refractivity contribution is 0.939. The standard InChI is InChI=1S/C18H13Cl2N3S/c1-11-8-17-21-22-18(24-10-12-4-2-3-5-15(12)20)23(17)16-7-6-13(19)9-14(11)16/h2-9H,10H2,1H3. The molecule has 2 aromatic carbocycles. The summed E-state index contributed by atoms with van der Waals surface area (Å²) in [4.78, 5) is 0. The summed E-state index contributed by atoms with van der Waals surface area (Å²) in [7, 11) is 0. The Labute approximate surface area is 153 Å². The summed E-state index contributed by atoms with van der Waals surface area (Å²) in [6.07, 6.45) is 0. The first-order valence-electron chi connectivity index (χ1n) is 7.44. The number of aromatic nitrogens is 3. The molecule has 0 N–H and O–H groups in total. The molecule has 120 valence electrons. The Morgan fingerprint density at radius 2 is 1.88 bits per heavy atom. The molecule has 0 saturated heterocycles. The molecule has 4 rings (SSSR count). The maximum atomic E-state index is 6.25. The number of pyridine rings is 1. The van der Waals surface area contributed by atoms with Gasteiger partial charge in [0.1, 0.15) is 0 Å². The maximum absolute atomic E-state index is 6.25. The highest BCUT2D eigenvalue weighted by Gasteiger charge is 2.12. The minimum absolute atomic E-state index is 0.725. The van der Waals surface area contributed by atoms with Gasteiger partial charge >= 0.3 is 0 Å². The lowest BCUT2D eigenvalue weighted by Gasteiger charge is -2.08. The highest BCUT2D eigenvalue weighted by atomic mass is 35.5. The molecule has 0 amide bonds. The van der Waals surface area contributed by atoms with E-state index in [-0.39, 0.29) is 0 Å². The van der Waals surface area contributed by atoms with Crippen LogP contribution in [0.4, 0.5) is 0 Å². The molecule has 0 atom stereocenters. The third-order valence-electron chi connectivity index (χ3n) is 3.94. The third kappa shape index (κ3) is 2.75. The van der Waals surface area contributed by atoms with Crippen LogP contribution in [-0.2, 0) is 5.75 Å². The molecule has 6 heteroatoms. The molecule has 0 aliphatic carbocycles. The summed E-state index contributed by atoms with van der Waals surface area (Å²) in [6, 6.07) is 15.8. The summed E-state index contributed by atoms with van der Waals surface area (Å²) >= 11 is 14.0. The van der Waals surface area contributed by atoms with E-state index >= 15 is 0 Å². The van der Waals surface area contributed by atoms with Crippen LogP contribution in [-0.4, -0.2) is 14.6 Å². The van der Waals surface area contributed by atoms with Gasteiger partial charge in [0.2, 0.25) is 0 Å². The second-order valence-electron chi connectivity index (χ2n) is 5.55. The number of nitrogens with zero attached hydrogens (tertiary/aromatic N) is 3. The smallest absolute Gasteiger partial charge is 0.196 e. The van der Waals surface area contributed by atoms with Crippen molar-refractivity contribution in [2.45, 2.75) is 17.8 Å². The molecule has 0 bridgehead atoms. The average Bonchev–Trinajstić information content (AvgIpc) is 2.97. The molecule has 2 heterocycles. The van der Waals surface area contributed by atoms with E-state index < -0.39 is 0 Å². The molecule has 0 aliphatic rings. The van der Waals surface area contributed by atoms with E-state index in [2.05, 4.69) is 21.5 Å². The van der Waals surface area contributed by atoms with E-state index in [1.54, 1.807) is 11.8 Å². The van der Waals surface area contributed by atoms with Crippen molar-refractivity contribution in [1.82, 2.24) is 14.6 Å². The van der Waals surface area contributed by atoms with Crippen molar-refractivity contribution >= 4 is 51.5 Å². The summed E-state index contributed by atoms with van der Waals surface area (Å²) in [6.45, 7) is 2.06. The van der Waals surface area contributed by atoms with E-state index in [9.17, 15) is 0 Å². The van der Waals surface area contributed by atoms with E-state index in [0.717, 1.165) is 48.6 Å². The van der Waals surface area contributed by atoms with Crippen LogP contribution in [0.25, 0.3) is 16.6 Å². The zero-order chi connectivity index (χ0) is 16.7. The minimum Gasteiger partial charge on any atom is -0.270 e. The molecule has 24 heavy (non-hydrogen) atoms. The Bertz CT molecular complexity index is 1060. The highest BCUT2D eigenvalue weighted by molar-refractivity contribution is 7.98. The molecule has 0 saturated carbocycles. The van der Waals surface area contributed by atoms with Crippen molar-refractivity contribution in [2.75, 3.05) is 0 Å². The van der Waals surface area contributed by atoms with Crippen LogP contribution in [0.15, 0.2) is 53.7 Å². The van der Waals surface area contributed by atoms with Crippen LogP contribution in [0.5, 0.6) is 0 Å². The van der Waals surface area contributed by atoms with Crippen LogP contribution in [0, 0.1) is 6.92 Å². The van der Waals surface area contributed by atoms with Gasteiger partial charge in [0, 0.05) is 21.2 Å². The topological polar surface area (TPSA) is 30.2 Å². The average molecular weight is 374 g/mol. The lowest BCUT2D eigenvalue weighted by atomic mass is 10.1. The van der Waals surface area contributed by atoms with E-state index in [0.29, 0.717) is 0 Å². The van der Waals surface area contributed by atoms with E-state index in [1.165, 1.54) is 0 Å². The molecular formula is C18H13Cl2N3S. The summed E-state index contributed by atoms with van der Waals surface area (Å²) in [5, 5.41) is 12.1. The first-order valence-corrected chi connectivity index (χ1v) is 9.18. The van der Waals surface area contributed by atoms with Gasteiger partial charge in [-0.25, -0.2) is 0 Å². The van der Waals surface area contributed by atoms with Crippen molar-refractivity contribution < 1.29 is 0 Å². The summed E-state index contributed by atoms with van der Waals surface area (Å²) in [5.41, 5.74) is 4.11. The zero-order valence-electron chi connectivity index (χ0n) is 12.8. The van der Waals surface area contributed by atoms with Gasteiger partial charge in [-0.2, -0.15) is 0 Å². The Kier molecular flexibility index (Phi) is 4.12. The fourth-order valence-corrected chi connectivity index (χ4v) is 4.15. The molecule has 2 aromatic heterocycles. The summed E-state index contributed by atoms with van der Waals surface area (Å²) in [5.74, 6) is 0.740. The van der Waals surface area contributed by atoms with Gasteiger partial charge in [0.05, 0.1) is 5.52 Å². The van der Waals surface area contributed by atoms with Crippen LogP contribution in [0.3, 0.4) is 0 Å². The largest absolute Gasteiger partial charge is 0.270 e. The molecule has 4 aromatic rings. The van der Waals surface area contributed by atoms with Gasteiger partial charge in [-0.1, -0.05) is 53.2 Å². The monoisotopic (exact) mass is 373 g/mol. The van der Waals surface area contributed by atoms with Gasteiger partial charge in [0.25, 0.3) is 0 Å². The summed E-state index contributed by atoms with van der Waals surface area (Å²) < 4.78 is 2.07. The Morgan fingerprint density at radius 3 is 2.71 bits per heavy atom. The SMILES string of the molecule is Cc1cc2nnc(SCc3ccccc3Cl)n2c2ccc(Cl)cc12. The highest BCUT2D eigenvalue weighted by Crippen LogP contribution is 2.30. The minimum atomic E-state index is 0.725. The predicted octanol–water partition coefficient (Wildman–Crippen LogP) is 5.79. The predicted molar refractivity (Wildman–Crippen MR) is 101 cm³/mol. The number of aryl methyl sites for hydroxylation is 1. The van der Waals surface area contributed by atoms with Crippen LogP contribution < -0.4 is 0 Å². The van der Waals surface area contributed by atoms with Crippen molar-refractivity contribution in [3.63, 3.8) is 0 Å². The van der Waals surface area contributed by atoms with Crippen LogP contribution >= 0.6 is 35.0 Å². The number of hydrogen-bond acceptors (Lipinski definition) is 3. The second kappa shape index (κ2) is 6.28. The van der Waals surface area contributed by atoms with Crippen molar-refractivity contribution in [1.29, 1.82) is 0 Å². The molecule has 0 aliphatic heterocycles. The molecular weight excluding hydrogens is 361 g/mol. The Morgan fingerprint density at radius 1 is 1.04 bits per heavy atom. The van der Waals surface area contributed by atoms with E-state index in [1.807, 2.05) is 48.5 Å². The number of halogens is 2. The molecule has 3 nitrogen and oxygen atoms in total. The van der Waals surface area contributed by atoms with Gasteiger partial charge in [0.15, 0.2) is 10.8 Å². The normalized spacial score (nSPS) is 11.5. The first kappa shape index (κ1) is 15.8. The van der Waals surface area contributed by atoms with Crippen molar-refractivity contribution in [2.24, 2.45) is 0 Å².